The van der Waals surface area contributed by atoms with Crippen LogP contribution in [0.3, 0.4) is 0 Å². The van der Waals surface area contributed by atoms with Gasteiger partial charge in [0.15, 0.2) is 6.10 Å². The second-order valence-corrected chi connectivity index (χ2v) is 8.77. The molecule has 138 valence electrons. The summed E-state index contributed by atoms with van der Waals surface area (Å²) in [5.74, 6) is -1.13. The normalized spacial score (nSPS) is 15.1. The molecule has 1 atom stereocenters. The molecule has 7 nitrogen and oxygen atoms in total. The van der Waals surface area contributed by atoms with Gasteiger partial charge in [-0.05, 0) is 43.3 Å². The Morgan fingerprint density at radius 3 is 2.58 bits per heavy atom. The van der Waals surface area contributed by atoms with Gasteiger partial charge in [-0.15, -0.1) is 11.3 Å². The van der Waals surface area contributed by atoms with Crippen LogP contribution in [0.25, 0.3) is 0 Å². The Kier molecular flexibility index (Phi) is 5.28. The fourth-order valence-electron chi connectivity index (χ4n) is 2.19. The van der Waals surface area contributed by atoms with Gasteiger partial charge in [-0.25, -0.2) is 13.2 Å². The number of ether oxygens (including phenoxy) is 1. The first-order chi connectivity index (χ1) is 12.4. The Hall–Kier alpha value is -2.39. The van der Waals surface area contributed by atoms with Gasteiger partial charge >= 0.3 is 5.97 Å². The van der Waals surface area contributed by atoms with Gasteiger partial charge in [-0.1, -0.05) is 18.2 Å². The zero-order valence-electron chi connectivity index (χ0n) is 14.0. The van der Waals surface area contributed by atoms with Crippen molar-refractivity contribution in [1.29, 1.82) is 0 Å². The maximum atomic E-state index is 12.4. The number of amides is 1. The first-order valence-corrected chi connectivity index (χ1v) is 10.4. The summed E-state index contributed by atoms with van der Waals surface area (Å²) in [6, 6.07) is 9.36. The number of para-hydroxylation sites is 1. The van der Waals surface area contributed by atoms with E-state index in [0.717, 1.165) is 24.2 Å². The summed E-state index contributed by atoms with van der Waals surface area (Å²) in [5.41, 5.74) is 0.138. The molecule has 0 spiro atoms. The van der Waals surface area contributed by atoms with Gasteiger partial charge in [0.05, 0.1) is 11.3 Å². The number of anilines is 1. The Morgan fingerprint density at radius 2 is 1.92 bits per heavy atom. The number of carbonyl (C=O) groups excluding carboxylic acids is 2. The maximum absolute atomic E-state index is 12.4. The maximum Gasteiger partial charge on any atom is 0.341 e. The molecule has 9 heteroatoms. The number of hydrogen-bond acceptors (Lipinski definition) is 6. The average Bonchev–Trinajstić information content (AvgIpc) is 3.22. The van der Waals surface area contributed by atoms with Crippen molar-refractivity contribution in [2.24, 2.45) is 0 Å². The smallest absolute Gasteiger partial charge is 0.341 e. The van der Waals surface area contributed by atoms with Crippen molar-refractivity contribution in [1.82, 2.24) is 5.32 Å². The Balaban J connectivity index is 1.73. The molecule has 2 aromatic rings. The minimum Gasteiger partial charge on any atom is -0.449 e. The van der Waals surface area contributed by atoms with Gasteiger partial charge in [0, 0.05) is 6.04 Å². The van der Waals surface area contributed by atoms with Gasteiger partial charge in [-0.2, -0.15) is 0 Å². The van der Waals surface area contributed by atoms with E-state index in [-0.39, 0.29) is 27.4 Å². The van der Waals surface area contributed by atoms with Crippen molar-refractivity contribution in [2.45, 2.75) is 36.1 Å². The largest absolute Gasteiger partial charge is 0.449 e. The molecule has 1 aliphatic carbocycles. The lowest BCUT2D eigenvalue weighted by atomic mass is 10.2. The monoisotopic (exact) mass is 394 g/mol. The second-order valence-electron chi connectivity index (χ2n) is 5.91. The highest BCUT2D eigenvalue weighted by Crippen LogP contribution is 2.24. The van der Waals surface area contributed by atoms with Crippen LogP contribution in [0.5, 0.6) is 0 Å². The molecule has 0 unspecified atom stereocenters. The Morgan fingerprint density at radius 1 is 1.19 bits per heavy atom. The predicted molar refractivity (Wildman–Crippen MR) is 97.6 cm³/mol. The Labute approximate surface area is 155 Å². The molecule has 0 bridgehead atoms. The third-order valence-electron chi connectivity index (χ3n) is 3.73. The molecule has 1 saturated carbocycles. The molecule has 3 rings (SSSR count). The molecule has 1 heterocycles. The predicted octanol–water partition coefficient (Wildman–Crippen LogP) is 2.37. The summed E-state index contributed by atoms with van der Waals surface area (Å²) in [6.45, 7) is 1.48. The molecule has 0 saturated heterocycles. The number of esters is 1. The number of carbonyl (C=O) groups is 2. The Bertz CT molecular complexity index is 905. The van der Waals surface area contributed by atoms with E-state index < -0.39 is 22.1 Å². The lowest BCUT2D eigenvalue weighted by molar-refractivity contribution is -0.129. The molecule has 1 amide bonds. The van der Waals surface area contributed by atoms with Crippen LogP contribution in [0.4, 0.5) is 5.69 Å². The molecule has 2 N–H and O–H groups in total. The van der Waals surface area contributed by atoms with E-state index >= 15 is 0 Å². The summed E-state index contributed by atoms with van der Waals surface area (Å²) >= 11 is 1.07. The standard InChI is InChI=1S/C17H18N2O5S2/c1-11(16(20)18-12-8-9-12)24-17(21)13-5-2-3-6-14(13)19-26(22,23)15-7-4-10-25-15/h2-7,10-12,19H,8-9H2,1H3,(H,18,20)/t11-/m0/s1. The molecule has 1 aromatic carbocycles. The highest BCUT2D eigenvalue weighted by Gasteiger charge is 2.28. The minimum absolute atomic E-state index is 0.0405. The van der Waals surface area contributed by atoms with Gasteiger partial charge in [0.2, 0.25) is 0 Å². The van der Waals surface area contributed by atoms with Gasteiger partial charge in [0.1, 0.15) is 4.21 Å². The summed E-state index contributed by atoms with van der Waals surface area (Å²) in [6.07, 6.45) is 0.893. The van der Waals surface area contributed by atoms with E-state index in [1.54, 1.807) is 23.6 Å². The molecule has 1 fully saturated rings. The summed E-state index contributed by atoms with van der Waals surface area (Å²) < 4.78 is 32.5. The highest BCUT2D eigenvalue weighted by molar-refractivity contribution is 7.94. The zero-order valence-corrected chi connectivity index (χ0v) is 15.6. The lowest BCUT2D eigenvalue weighted by Crippen LogP contribution is -2.37. The van der Waals surface area contributed by atoms with Crippen molar-refractivity contribution in [3.05, 3.63) is 47.3 Å². The van der Waals surface area contributed by atoms with E-state index in [2.05, 4.69) is 10.0 Å². The van der Waals surface area contributed by atoms with E-state index in [0.29, 0.717) is 0 Å². The summed E-state index contributed by atoms with van der Waals surface area (Å²) in [5, 5.41) is 4.40. The van der Waals surface area contributed by atoms with E-state index in [1.165, 1.54) is 25.1 Å². The molecule has 1 aliphatic rings. The number of benzene rings is 1. The number of rotatable bonds is 7. The highest BCUT2D eigenvalue weighted by atomic mass is 32.2. The lowest BCUT2D eigenvalue weighted by Gasteiger charge is -2.15. The van der Waals surface area contributed by atoms with Crippen LogP contribution in [0.2, 0.25) is 0 Å². The van der Waals surface area contributed by atoms with Crippen LogP contribution < -0.4 is 10.0 Å². The van der Waals surface area contributed by atoms with E-state index in [9.17, 15) is 18.0 Å². The number of thiophene rings is 1. The van der Waals surface area contributed by atoms with Gasteiger partial charge in [0.25, 0.3) is 15.9 Å². The third-order valence-corrected chi connectivity index (χ3v) is 6.49. The summed E-state index contributed by atoms with van der Waals surface area (Å²) in [7, 11) is -3.80. The van der Waals surface area contributed by atoms with Crippen molar-refractivity contribution in [3.63, 3.8) is 0 Å². The second kappa shape index (κ2) is 7.46. The quantitative estimate of drug-likeness (QED) is 0.702. The van der Waals surface area contributed by atoms with Crippen LogP contribution in [0.15, 0.2) is 46.0 Å². The van der Waals surface area contributed by atoms with Crippen LogP contribution in [0.1, 0.15) is 30.1 Å². The van der Waals surface area contributed by atoms with Crippen molar-refractivity contribution < 1.29 is 22.7 Å². The van der Waals surface area contributed by atoms with Gasteiger partial charge < -0.3 is 10.1 Å². The molecule has 1 aromatic heterocycles. The van der Waals surface area contributed by atoms with Gasteiger partial charge in [-0.3, -0.25) is 9.52 Å². The fraction of sp³-hybridized carbons (Fsp3) is 0.294. The zero-order chi connectivity index (χ0) is 18.7. The molecule has 26 heavy (non-hydrogen) atoms. The fourth-order valence-corrected chi connectivity index (χ4v) is 4.26. The summed E-state index contributed by atoms with van der Waals surface area (Å²) in [4.78, 5) is 24.4. The number of nitrogens with one attached hydrogen (secondary N) is 2. The van der Waals surface area contributed by atoms with Crippen molar-refractivity contribution >= 4 is 38.9 Å². The number of hydrogen-bond donors (Lipinski definition) is 2. The topological polar surface area (TPSA) is 102 Å². The van der Waals surface area contributed by atoms with E-state index in [4.69, 9.17) is 4.74 Å². The number of sulfonamides is 1. The average molecular weight is 394 g/mol. The molecule has 0 radical (unpaired) electrons. The van der Waals surface area contributed by atoms with Crippen LogP contribution in [0, 0.1) is 0 Å². The van der Waals surface area contributed by atoms with Crippen LogP contribution in [-0.4, -0.2) is 32.4 Å². The minimum atomic E-state index is -3.80. The van der Waals surface area contributed by atoms with Crippen LogP contribution >= 0.6 is 11.3 Å². The van der Waals surface area contributed by atoms with E-state index in [1.807, 2.05) is 0 Å². The molecule has 0 aliphatic heterocycles. The first-order valence-electron chi connectivity index (χ1n) is 8.03. The third kappa shape index (κ3) is 4.41. The first kappa shape index (κ1) is 18.4. The van der Waals surface area contributed by atoms with Crippen molar-refractivity contribution in [3.8, 4) is 0 Å². The van der Waals surface area contributed by atoms with Crippen LogP contribution in [-0.2, 0) is 19.6 Å². The van der Waals surface area contributed by atoms with Crippen molar-refractivity contribution in [2.75, 3.05) is 4.72 Å². The molecular formula is C17H18N2O5S2. The molecular weight excluding hydrogens is 376 g/mol. The SMILES string of the molecule is C[C@H](OC(=O)c1ccccc1NS(=O)(=O)c1cccs1)C(=O)NC1CC1.